The largest absolute Gasteiger partial charge is 0.355 e. The van der Waals surface area contributed by atoms with E-state index in [-0.39, 0.29) is 0 Å². The minimum atomic E-state index is 0.676. The van der Waals surface area contributed by atoms with Gasteiger partial charge >= 0.3 is 0 Å². The topological polar surface area (TPSA) is 29.1 Å². The first kappa shape index (κ1) is 11.4. The predicted octanol–water partition coefficient (Wildman–Crippen LogP) is 3.86. The summed E-state index contributed by atoms with van der Waals surface area (Å²) in [6.07, 6.45) is 0.871. The van der Waals surface area contributed by atoms with E-state index < -0.39 is 0 Å². The molecule has 2 nitrogen and oxygen atoms in total. The van der Waals surface area contributed by atoms with Crippen molar-refractivity contribution in [2.45, 2.75) is 13.8 Å². The number of nitrogens with one attached hydrogen (secondary N) is 1. The average molecular weight is 225 g/mol. The number of aldehydes is 1. The zero-order valence-electron chi connectivity index (χ0n) is 10.0. The van der Waals surface area contributed by atoms with Crippen molar-refractivity contribution in [1.82, 2.24) is 0 Å². The number of carbonyl (C=O) groups is 1. The molecule has 86 valence electrons. The van der Waals surface area contributed by atoms with Crippen molar-refractivity contribution in [2.75, 3.05) is 5.32 Å². The van der Waals surface area contributed by atoms with Crippen molar-refractivity contribution in [3.8, 4) is 0 Å². The first-order chi connectivity index (χ1) is 8.22. The lowest BCUT2D eigenvalue weighted by molar-refractivity contribution is 0.112. The van der Waals surface area contributed by atoms with Crippen molar-refractivity contribution < 1.29 is 4.79 Å². The molecule has 17 heavy (non-hydrogen) atoms. The quantitative estimate of drug-likeness (QED) is 0.804. The lowest BCUT2D eigenvalue weighted by Gasteiger charge is -2.13. The maximum atomic E-state index is 10.9. The van der Waals surface area contributed by atoms with Gasteiger partial charge in [0, 0.05) is 16.9 Å². The first-order valence-electron chi connectivity index (χ1n) is 5.60. The van der Waals surface area contributed by atoms with Crippen LogP contribution in [-0.4, -0.2) is 6.29 Å². The average Bonchev–Trinajstić information content (AvgIpc) is 2.34. The van der Waals surface area contributed by atoms with Crippen LogP contribution in [0.5, 0.6) is 0 Å². The van der Waals surface area contributed by atoms with Crippen molar-refractivity contribution in [3.05, 3.63) is 59.2 Å². The Bertz CT molecular complexity index is 526. The second kappa shape index (κ2) is 4.83. The highest BCUT2D eigenvalue weighted by molar-refractivity contribution is 5.86. The normalized spacial score (nSPS) is 10.0. The Hall–Kier alpha value is -2.09. The van der Waals surface area contributed by atoms with Gasteiger partial charge in [-0.3, -0.25) is 4.79 Å². The number of anilines is 2. The molecule has 2 aromatic rings. The van der Waals surface area contributed by atoms with Crippen molar-refractivity contribution in [3.63, 3.8) is 0 Å². The third-order valence-corrected chi connectivity index (χ3v) is 2.83. The molecule has 0 saturated carbocycles. The van der Waals surface area contributed by atoms with E-state index >= 15 is 0 Å². The standard InChI is InChI=1S/C15H15NO/c1-11-6-5-7-12(2)15(11)16-14-9-4-3-8-13(14)10-17/h3-10,16H,1-2H3. The molecule has 0 aliphatic rings. The summed E-state index contributed by atoms with van der Waals surface area (Å²) < 4.78 is 0. The number of para-hydroxylation sites is 2. The molecule has 2 aromatic carbocycles. The molecule has 0 bridgehead atoms. The van der Waals surface area contributed by atoms with Crippen LogP contribution >= 0.6 is 0 Å². The number of hydrogen-bond donors (Lipinski definition) is 1. The highest BCUT2D eigenvalue weighted by Gasteiger charge is 2.05. The number of hydrogen-bond acceptors (Lipinski definition) is 2. The number of benzene rings is 2. The number of rotatable bonds is 3. The highest BCUT2D eigenvalue weighted by Crippen LogP contribution is 2.25. The van der Waals surface area contributed by atoms with Crippen LogP contribution < -0.4 is 5.32 Å². The minimum Gasteiger partial charge on any atom is -0.355 e. The van der Waals surface area contributed by atoms with Crippen LogP contribution in [0.1, 0.15) is 21.5 Å². The molecule has 0 atom stereocenters. The lowest BCUT2D eigenvalue weighted by Crippen LogP contribution is -1.98. The van der Waals surface area contributed by atoms with E-state index in [1.54, 1.807) is 0 Å². The van der Waals surface area contributed by atoms with E-state index in [1.165, 1.54) is 11.1 Å². The van der Waals surface area contributed by atoms with Crippen molar-refractivity contribution in [1.29, 1.82) is 0 Å². The molecule has 0 unspecified atom stereocenters. The smallest absolute Gasteiger partial charge is 0.152 e. The minimum absolute atomic E-state index is 0.676. The monoisotopic (exact) mass is 225 g/mol. The number of carbonyl (C=O) groups excluding carboxylic acids is 1. The zero-order valence-corrected chi connectivity index (χ0v) is 10.0. The summed E-state index contributed by atoms with van der Waals surface area (Å²) >= 11 is 0. The summed E-state index contributed by atoms with van der Waals surface area (Å²) in [5.41, 5.74) is 4.94. The van der Waals surface area contributed by atoms with Crippen LogP contribution in [0, 0.1) is 13.8 Å². The molecular formula is C15H15NO. The second-order valence-corrected chi connectivity index (χ2v) is 4.10. The fourth-order valence-electron chi connectivity index (χ4n) is 1.86. The molecule has 0 aliphatic heterocycles. The summed E-state index contributed by atoms with van der Waals surface area (Å²) in [5.74, 6) is 0. The maximum absolute atomic E-state index is 10.9. The summed E-state index contributed by atoms with van der Waals surface area (Å²) in [6, 6.07) is 13.6. The second-order valence-electron chi connectivity index (χ2n) is 4.10. The third kappa shape index (κ3) is 2.36. The SMILES string of the molecule is Cc1cccc(C)c1Nc1ccccc1C=O. The van der Waals surface area contributed by atoms with E-state index in [4.69, 9.17) is 0 Å². The van der Waals surface area contributed by atoms with Gasteiger partial charge in [-0.2, -0.15) is 0 Å². The van der Waals surface area contributed by atoms with E-state index in [0.29, 0.717) is 5.56 Å². The van der Waals surface area contributed by atoms with Gasteiger partial charge in [-0.25, -0.2) is 0 Å². The van der Waals surface area contributed by atoms with E-state index in [2.05, 4.69) is 31.3 Å². The van der Waals surface area contributed by atoms with Gasteiger partial charge in [-0.1, -0.05) is 30.3 Å². The molecule has 0 radical (unpaired) electrons. The Labute approximate surface area is 101 Å². The van der Waals surface area contributed by atoms with Crippen LogP contribution in [0.4, 0.5) is 11.4 Å². The predicted molar refractivity (Wildman–Crippen MR) is 71.0 cm³/mol. The highest BCUT2D eigenvalue weighted by atomic mass is 16.1. The molecule has 0 saturated heterocycles. The van der Waals surface area contributed by atoms with Gasteiger partial charge < -0.3 is 5.32 Å². The van der Waals surface area contributed by atoms with Crippen LogP contribution in [0.15, 0.2) is 42.5 Å². The maximum Gasteiger partial charge on any atom is 0.152 e. The molecule has 0 spiro atoms. The lowest BCUT2D eigenvalue weighted by atomic mass is 10.1. The van der Waals surface area contributed by atoms with Gasteiger partial charge in [-0.05, 0) is 37.1 Å². The molecule has 0 fully saturated rings. The van der Waals surface area contributed by atoms with Gasteiger partial charge in [0.15, 0.2) is 6.29 Å². The Morgan fingerprint density at radius 2 is 1.59 bits per heavy atom. The first-order valence-corrected chi connectivity index (χ1v) is 5.60. The van der Waals surface area contributed by atoms with E-state index in [0.717, 1.165) is 17.7 Å². The Kier molecular flexibility index (Phi) is 3.24. The van der Waals surface area contributed by atoms with E-state index in [1.807, 2.05) is 30.3 Å². The van der Waals surface area contributed by atoms with Gasteiger partial charge in [0.05, 0.1) is 0 Å². The van der Waals surface area contributed by atoms with Gasteiger partial charge in [-0.15, -0.1) is 0 Å². The van der Waals surface area contributed by atoms with Crippen LogP contribution in [0.2, 0.25) is 0 Å². The molecule has 0 heterocycles. The molecule has 2 heteroatoms. The van der Waals surface area contributed by atoms with Crippen molar-refractivity contribution >= 4 is 17.7 Å². The molecule has 0 aromatic heterocycles. The summed E-state index contributed by atoms with van der Waals surface area (Å²) in [6.45, 7) is 4.11. The van der Waals surface area contributed by atoms with Gasteiger partial charge in [0.1, 0.15) is 0 Å². The molecule has 1 N–H and O–H groups in total. The Balaban J connectivity index is 2.41. The van der Waals surface area contributed by atoms with Crippen LogP contribution in [0.25, 0.3) is 0 Å². The fourth-order valence-corrected chi connectivity index (χ4v) is 1.86. The summed E-state index contributed by atoms with van der Waals surface area (Å²) in [7, 11) is 0. The summed E-state index contributed by atoms with van der Waals surface area (Å²) in [5, 5.41) is 3.33. The molecule has 0 aliphatic carbocycles. The van der Waals surface area contributed by atoms with Crippen LogP contribution in [0.3, 0.4) is 0 Å². The molecule has 0 amide bonds. The Morgan fingerprint density at radius 1 is 0.941 bits per heavy atom. The third-order valence-electron chi connectivity index (χ3n) is 2.83. The fraction of sp³-hybridized carbons (Fsp3) is 0.133. The van der Waals surface area contributed by atoms with Crippen molar-refractivity contribution in [2.24, 2.45) is 0 Å². The number of aryl methyl sites for hydroxylation is 2. The van der Waals surface area contributed by atoms with Gasteiger partial charge in [0.25, 0.3) is 0 Å². The zero-order chi connectivity index (χ0) is 12.3. The molecular weight excluding hydrogens is 210 g/mol. The molecule has 2 rings (SSSR count). The van der Waals surface area contributed by atoms with Gasteiger partial charge in [0.2, 0.25) is 0 Å². The Morgan fingerprint density at radius 3 is 2.24 bits per heavy atom. The van der Waals surface area contributed by atoms with Crippen LogP contribution in [-0.2, 0) is 0 Å². The summed E-state index contributed by atoms with van der Waals surface area (Å²) in [4.78, 5) is 10.9. The van der Waals surface area contributed by atoms with E-state index in [9.17, 15) is 4.79 Å².